The summed E-state index contributed by atoms with van der Waals surface area (Å²) in [4.78, 5) is 20.3. The smallest absolute Gasteiger partial charge is 0.234 e. The van der Waals surface area contributed by atoms with Gasteiger partial charge in [-0.2, -0.15) is 9.78 Å². The molecule has 76 valence electrons. The summed E-state index contributed by atoms with van der Waals surface area (Å²) in [6, 6.07) is 0. The van der Waals surface area contributed by atoms with Crippen LogP contribution in [0.3, 0.4) is 0 Å². The Balaban J connectivity index is 2.09. The molecule has 0 unspecified atom stereocenters. The molecule has 0 aromatic rings. The van der Waals surface area contributed by atoms with Crippen LogP contribution < -0.4 is 5.73 Å². The van der Waals surface area contributed by atoms with E-state index in [-0.39, 0.29) is 11.7 Å². The summed E-state index contributed by atoms with van der Waals surface area (Å²) in [5.41, 5.74) is 5.02. The van der Waals surface area contributed by atoms with Crippen LogP contribution in [-0.2, 0) is 14.6 Å². The highest BCUT2D eigenvalue weighted by Gasteiger charge is 2.47. The lowest BCUT2D eigenvalue weighted by atomic mass is 10.0. The van der Waals surface area contributed by atoms with Crippen LogP contribution in [0.1, 0.15) is 45.4 Å². The van der Waals surface area contributed by atoms with Crippen molar-refractivity contribution in [3.63, 3.8) is 0 Å². The highest BCUT2D eigenvalue weighted by atomic mass is 17.4. The summed E-state index contributed by atoms with van der Waals surface area (Å²) in [7, 11) is 0. The Bertz CT molecular complexity index is 178. The lowest BCUT2D eigenvalue weighted by Crippen LogP contribution is -2.14. The zero-order valence-corrected chi connectivity index (χ0v) is 8.04. The largest absolute Gasteiger partial charge is 0.370 e. The fourth-order valence-electron chi connectivity index (χ4n) is 1.33. The first-order chi connectivity index (χ1) is 6.18. The predicted octanol–water partition coefficient (Wildman–Crippen LogP) is 1.49. The Morgan fingerprint density at radius 2 is 1.92 bits per heavy atom. The Labute approximate surface area is 78.3 Å². The fourth-order valence-corrected chi connectivity index (χ4v) is 1.33. The number of carbonyl (C=O) groups excluding carboxylic acids is 1. The Morgan fingerprint density at radius 1 is 1.31 bits per heavy atom. The van der Waals surface area contributed by atoms with E-state index in [2.05, 4.69) is 6.92 Å². The number of hydrogen-bond donors (Lipinski definition) is 1. The second kappa shape index (κ2) is 4.58. The Hall–Kier alpha value is -0.610. The topological polar surface area (TPSA) is 68.2 Å². The number of primary amides is 1. The molecular formula is C9H17NO3. The van der Waals surface area contributed by atoms with E-state index in [1.165, 1.54) is 0 Å². The SMILES string of the molecule is CCCCC1(CCCC(N)=O)OO1. The van der Waals surface area contributed by atoms with Gasteiger partial charge < -0.3 is 5.73 Å². The van der Waals surface area contributed by atoms with Crippen LogP contribution in [0.4, 0.5) is 0 Å². The van der Waals surface area contributed by atoms with Gasteiger partial charge in [-0.15, -0.1) is 0 Å². The molecule has 4 nitrogen and oxygen atoms in total. The number of rotatable bonds is 7. The second-order valence-electron chi connectivity index (χ2n) is 3.50. The lowest BCUT2D eigenvalue weighted by Gasteiger charge is -2.04. The van der Waals surface area contributed by atoms with Gasteiger partial charge in [-0.3, -0.25) is 4.79 Å². The minimum atomic E-state index is -0.370. The third kappa shape index (κ3) is 3.74. The van der Waals surface area contributed by atoms with Crippen molar-refractivity contribution in [1.82, 2.24) is 0 Å². The average Bonchev–Trinajstić information content (AvgIpc) is 2.82. The van der Waals surface area contributed by atoms with E-state index in [9.17, 15) is 4.79 Å². The molecule has 1 aliphatic rings. The first-order valence-corrected chi connectivity index (χ1v) is 4.84. The van der Waals surface area contributed by atoms with Crippen molar-refractivity contribution in [2.24, 2.45) is 5.73 Å². The van der Waals surface area contributed by atoms with Crippen molar-refractivity contribution < 1.29 is 14.6 Å². The van der Waals surface area contributed by atoms with Crippen molar-refractivity contribution in [2.45, 2.75) is 51.2 Å². The molecule has 0 aliphatic carbocycles. The second-order valence-corrected chi connectivity index (χ2v) is 3.50. The molecule has 0 radical (unpaired) electrons. The maximum atomic E-state index is 10.5. The molecule has 1 fully saturated rings. The lowest BCUT2D eigenvalue weighted by molar-refractivity contribution is -0.118. The van der Waals surface area contributed by atoms with Gasteiger partial charge in [-0.25, -0.2) is 0 Å². The molecule has 0 aromatic heterocycles. The molecule has 4 heteroatoms. The van der Waals surface area contributed by atoms with E-state index in [1.807, 2.05) is 0 Å². The molecule has 1 aliphatic heterocycles. The van der Waals surface area contributed by atoms with Gasteiger partial charge in [0.05, 0.1) is 0 Å². The minimum Gasteiger partial charge on any atom is -0.370 e. The fraction of sp³-hybridized carbons (Fsp3) is 0.889. The van der Waals surface area contributed by atoms with Gasteiger partial charge >= 0.3 is 0 Å². The van der Waals surface area contributed by atoms with Gasteiger partial charge in [0.25, 0.3) is 0 Å². The first-order valence-electron chi connectivity index (χ1n) is 4.84. The summed E-state index contributed by atoms with van der Waals surface area (Å²) in [5.74, 6) is -0.628. The van der Waals surface area contributed by atoms with Gasteiger partial charge in [0.15, 0.2) is 0 Å². The zero-order valence-electron chi connectivity index (χ0n) is 8.04. The number of carbonyl (C=O) groups is 1. The van der Waals surface area contributed by atoms with Crippen LogP contribution in [0.15, 0.2) is 0 Å². The summed E-state index contributed by atoms with van der Waals surface area (Å²) in [6.07, 6.45) is 5.08. The molecule has 0 bridgehead atoms. The predicted molar refractivity (Wildman–Crippen MR) is 47.5 cm³/mol. The third-order valence-electron chi connectivity index (χ3n) is 2.21. The number of nitrogens with two attached hydrogens (primary N) is 1. The molecule has 1 rings (SSSR count). The van der Waals surface area contributed by atoms with Crippen LogP contribution >= 0.6 is 0 Å². The molecule has 1 saturated heterocycles. The monoisotopic (exact) mass is 187 g/mol. The van der Waals surface area contributed by atoms with Crippen molar-refractivity contribution in [3.8, 4) is 0 Å². The highest BCUT2D eigenvalue weighted by Crippen LogP contribution is 2.39. The standard InChI is InChI=1S/C9H17NO3/c1-2-3-6-9(12-13-9)7-4-5-8(10)11/h2-7H2,1H3,(H2,10,11). The Kier molecular flexibility index (Phi) is 3.69. The van der Waals surface area contributed by atoms with Crippen LogP contribution in [0.5, 0.6) is 0 Å². The first kappa shape index (κ1) is 10.5. The van der Waals surface area contributed by atoms with Gasteiger partial charge in [-0.05, 0) is 12.8 Å². The molecule has 1 heterocycles. The Morgan fingerprint density at radius 3 is 2.38 bits per heavy atom. The van der Waals surface area contributed by atoms with Crippen molar-refractivity contribution in [3.05, 3.63) is 0 Å². The van der Waals surface area contributed by atoms with Gasteiger partial charge in [-0.1, -0.05) is 13.3 Å². The van der Waals surface area contributed by atoms with Crippen molar-refractivity contribution >= 4 is 5.91 Å². The molecule has 0 saturated carbocycles. The van der Waals surface area contributed by atoms with E-state index in [4.69, 9.17) is 15.5 Å². The molecular weight excluding hydrogens is 170 g/mol. The van der Waals surface area contributed by atoms with Crippen LogP contribution in [0.2, 0.25) is 0 Å². The minimum absolute atomic E-state index is 0.258. The van der Waals surface area contributed by atoms with Crippen molar-refractivity contribution in [2.75, 3.05) is 0 Å². The van der Waals surface area contributed by atoms with E-state index in [1.54, 1.807) is 0 Å². The maximum absolute atomic E-state index is 10.5. The molecule has 0 aromatic carbocycles. The number of unbranched alkanes of at least 4 members (excludes halogenated alkanes) is 1. The molecule has 1 amide bonds. The van der Waals surface area contributed by atoms with Crippen LogP contribution in [0, 0.1) is 0 Å². The molecule has 0 atom stereocenters. The van der Waals surface area contributed by atoms with Gasteiger partial charge in [0.1, 0.15) is 0 Å². The van der Waals surface area contributed by atoms with Crippen molar-refractivity contribution in [1.29, 1.82) is 0 Å². The summed E-state index contributed by atoms with van der Waals surface area (Å²) in [5, 5.41) is 0. The van der Waals surface area contributed by atoms with Crippen LogP contribution in [-0.4, -0.2) is 11.7 Å². The quantitative estimate of drug-likeness (QED) is 0.485. The van der Waals surface area contributed by atoms with Gasteiger partial charge in [0, 0.05) is 19.3 Å². The zero-order chi connectivity index (χ0) is 9.73. The highest BCUT2D eigenvalue weighted by molar-refractivity contribution is 5.73. The number of hydrogen-bond acceptors (Lipinski definition) is 3. The summed E-state index contributed by atoms with van der Waals surface area (Å²) < 4.78 is 0. The summed E-state index contributed by atoms with van der Waals surface area (Å²) >= 11 is 0. The normalized spacial score (nSPS) is 18.5. The van der Waals surface area contributed by atoms with E-state index < -0.39 is 0 Å². The summed E-state index contributed by atoms with van der Waals surface area (Å²) in [6.45, 7) is 2.12. The molecule has 2 N–H and O–H groups in total. The van der Waals surface area contributed by atoms with Gasteiger partial charge in [0.2, 0.25) is 11.7 Å². The van der Waals surface area contributed by atoms with E-state index in [0.717, 1.165) is 32.1 Å². The molecule has 13 heavy (non-hydrogen) atoms. The van der Waals surface area contributed by atoms with E-state index >= 15 is 0 Å². The third-order valence-corrected chi connectivity index (χ3v) is 2.21. The average molecular weight is 187 g/mol. The molecule has 0 spiro atoms. The van der Waals surface area contributed by atoms with Crippen LogP contribution in [0.25, 0.3) is 0 Å². The van der Waals surface area contributed by atoms with E-state index in [0.29, 0.717) is 6.42 Å². The maximum Gasteiger partial charge on any atom is 0.234 e. The number of amides is 1.